The second-order valence-corrected chi connectivity index (χ2v) is 13.4. The van der Waals surface area contributed by atoms with Crippen LogP contribution in [-0.2, 0) is 0 Å². The van der Waals surface area contributed by atoms with Crippen LogP contribution >= 0.6 is 11.3 Å². The van der Waals surface area contributed by atoms with Gasteiger partial charge >= 0.3 is 0 Å². The highest BCUT2D eigenvalue weighted by Gasteiger charge is 2.19. The Morgan fingerprint density at radius 2 is 1.21 bits per heavy atom. The maximum absolute atomic E-state index is 11.3. The van der Waals surface area contributed by atoms with Gasteiger partial charge in [0.1, 0.15) is 6.29 Å². The maximum atomic E-state index is 11.3. The lowest BCUT2D eigenvalue weighted by molar-refractivity contribution is 0.112. The summed E-state index contributed by atoms with van der Waals surface area (Å²) in [7, 11) is 0. The number of rotatable bonds is 14. The largest absolute Gasteiger partial charge is 0.311 e. The second kappa shape index (κ2) is 16.2. The van der Waals surface area contributed by atoms with Crippen LogP contribution in [0.25, 0.3) is 33.7 Å². The van der Waals surface area contributed by atoms with E-state index in [0.717, 1.165) is 34.5 Å². The lowest BCUT2D eigenvalue weighted by Crippen LogP contribution is -2.09. The van der Waals surface area contributed by atoms with Gasteiger partial charge in [0.15, 0.2) is 0 Å². The first-order valence-corrected chi connectivity index (χ1v) is 18.0. The fourth-order valence-corrected chi connectivity index (χ4v) is 7.55. The highest BCUT2D eigenvalue weighted by atomic mass is 32.1. The smallest absolute Gasteiger partial charge is 0.150 e. The van der Waals surface area contributed by atoms with E-state index in [0.29, 0.717) is 11.5 Å². The molecule has 0 saturated heterocycles. The van der Waals surface area contributed by atoms with Crippen molar-refractivity contribution in [3.05, 3.63) is 161 Å². The van der Waals surface area contributed by atoms with Gasteiger partial charge in [-0.3, -0.25) is 4.79 Å². The monoisotopic (exact) mass is 645 g/mol. The molecule has 0 aliphatic heterocycles. The molecule has 48 heavy (non-hydrogen) atoms. The Hall–Kier alpha value is -4.99. The molecule has 0 saturated carbocycles. The van der Waals surface area contributed by atoms with E-state index in [-0.39, 0.29) is 0 Å². The lowest BCUT2D eigenvalue weighted by atomic mass is 9.84. The highest BCUT2D eigenvalue weighted by molar-refractivity contribution is 7.17. The molecule has 1 heterocycles. The van der Waals surface area contributed by atoms with Crippen LogP contribution in [0.3, 0.4) is 0 Å². The van der Waals surface area contributed by atoms with Crippen LogP contribution in [0, 0.1) is 0 Å². The third-order valence-corrected chi connectivity index (χ3v) is 10.1. The Kier molecular flexibility index (Phi) is 11.1. The summed E-state index contributed by atoms with van der Waals surface area (Å²) < 4.78 is 0. The van der Waals surface area contributed by atoms with E-state index in [9.17, 15) is 4.79 Å². The summed E-state index contributed by atoms with van der Waals surface area (Å²) in [4.78, 5) is 16.1. The standard InChI is InChI=1S/C45H43NOS/c1-3-5-15-36(14-4-2)41-20-12-13-21-42(41)43-32-45(37-27-22-35(33-47)23-28-37)48-44(43)31-26-34-24-29-40(30-25-34)46(38-16-8-6-9-17-38)39-18-10-7-11-19-39/h6-13,16-33,36H,3-5,14-15H2,1-2H3. The van der Waals surface area contributed by atoms with E-state index < -0.39 is 0 Å². The van der Waals surface area contributed by atoms with Crippen molar-refractivity contribution in [2.24, 2.45) is 0 Å². The molecule has 1 unspecified atom stereocenters. The zero-order valence-electron chi connectivity index (χ0n) is 27.9. The zero-order valence-corrected chi connectivity index (χ0v) is 28.7. The Bertz CT molecular complexity index is 1880. The molecule has 0 aliphatic carbocycles. The number of aldehydes is 1. The second-order valence-electron chi connectivity index (χ2n) is 12.3. The van der Waals surface area contributed by atoms with Gasteiger partial charge in [0.05, 0.1) is 0 Å². The summed E-state index contributed by atoms with van der Waals surface area (Å²) in [5, 5.41) is 0. The Morgan fingerprint density at radius 3 is 1.83 bits per heavy atom. The maximum Gasteiger partial charge on any atom is 0.150 e. The number of carbonyl (C=O) groups is 1. The summed E-state index contributed by atoms with van der Waals surface area (Å²) in [6.07, 6.45) is 11.5. The Balaban J connectivity index is 1.37. The van der Waals surface area contributed by atoms with Gasteiger partial charge in [0.25, 0.3) is 0 Å². The number of hydrogen-bond donors (Lipinski definition) is 0. The highest BCUT2D eigenvalue weighted by Crippen LogP contribution is 2.43. The quantitative estimate of drug-likeness (QED) is 0.110. The summed E-state index contributed by atoms with van der Waals surface area (Å²) >= 11 is 1.81. The first kappa shape index (κ1) is 32.9. The number of hydrogen-bond acceptors (Lipinski definition) is 3. The molecule has 1 aromatic heterocycles. The van der Waals surface area contributed by atoms with Crippen LogP contribution in [0.4, 0.5) is 17.1 Å². The third kappa shape index (κ3) is 7.75. The van der Waals surface area contributed by atoms with E-state index >= 15 is 0 Å². The Morgan fingerprint density at radius 1 is 0.604 bits per heavy atom. The van der Waals surface area contributed by atoms with E-state index in [4.69, 9.17) is 0 Å². The SMILES string of the molecule is CCCCC(CCC)c1ccccc1-c1cc(-c2ccc(C=O)cc2)sc1C=Cc1ccc(N(c2ccccc2)c2ccccc2)cc1. The molecule has 3 heteroatoms. The topological polar surface area (TPSA) is 20.3 Å². The van der Waals surface area contributed by atoms with Crippen molar-refractivity contribution in [3.8, 4) is 21.6 Å². The van der Waals surface area contributed by atoms with Crippen molar-refractivity contribution in [3.63, 3.8) is 0 Å². The number of thiophene rings is 1. The molecule has 0 fully saturated rings. The molecular formula is C45H43NOS. The van der Waals surface area contributed by atoms with Crippen LogP contribution in [0.5, 0.6) is 0 Å². The summed E-state index contributed by atoms with van der Waals surface area (Å²) in [5.74, 6) is 0.544. The van der Waals surface area contributed by atoms with Crippen molar-refractivity contribution in [2.75, 3.05) is 4.90 Å². The van der Waals surface area contributed by atoms with Gasteiger partial charge in [-0.2, -0.15) is 0 Å². The normalized spacial score (nSPS) is 11.9. The number of anilines is 3. The molecule has 6 aromatic rings. The molecule has 0 N–H and O–H groups in total. The predicted octanol–water partition coefficient (Wildman–Crippen LogP) is 13.6. The van der Waals surface area contributed by atoms with E-state index in [2.05, 4.69) is 158 Å². The van der Waals surface area contributed by atoms with E-state index in [1.807, 2.05) is 23.5 Å². The molecule has 0 amide bonds. The van der Waals surface area contributed by atoms with Gasteiger partial charge in [0.2, 0.25) is 0 Å². The fourth-order valence-electron chi connectivity index (χ4n) is 6.47. The van der Waals surface area contributed by atoms with Crippen molar-refractivity contribution in [1.82, 2.24) is 0 Å². The number of nitrogens with zero attached hydrogens (tertiary/aromatic N) is 1. The molecule has 2 nitrogen and oxygen atoms in total. The minimum absolute atomic E-state index is 0.544. The minimum atomic E-state index is 0.544. The molecule has 0 radical (unpaired) electrons. The number of unbranched alkanes of at least 4 members (excludes halogenated alkanes) is 1. The molecule has 0 aliphatic rings. The molecule has 0 bridgehead atoms. The summed E-state index contributed by atoms with van der Waals surface area (Å²) in [5.41, 5.74) is 10.4. The van der Waals surface area contributed by atoms with Gasteiger partial charge in [-0.25, -0.2) is 0 Å². The number of para-hydroxylation sites is 2. The van der Waals surface area contributed by atoms with Crippen molar-refractivity contribution in [2.45, 2.75) is 51.9 Å². The van der Waals surface area contributed by atoms with Crippen molar-refractivity contribution in [1.29, 1.82) is 0 Å². The zero-order chi connectivity index (χ0) is 33.1. The molecule has 240 valence electrons. The van der Waals surface area contributed by atoms with E-state index in [1.54, 1.807) is 0 Å². The average Bonchev–Trinajstić information content (AvgIpc) is 3.58. The first-order chi connectivity index (χ1) is 23.7. The van der Waals surface area contributed by atoms with Crippen LogP contribution < -0.4 is 4.90 Å². The van der Waals surface area contributed by atoms with Gasteiger partial charge in [-0.15, -0.1) is 11.3 Å². The van der Waals surface area contributed by atoms with E-state index in [1.165, 1.54) is 58.5 Å². The van der Waals surface area contributed by atoms with Gasteiger partial charge in [-0.05, 0) is 89.6 Å². The minimum Gasteiger partial charge on any atom is -0.311 e. The van der Waals surface area contributed by atoms with Gasteiger partial charge in [-0.1, -0.05) is 136 Å². The first-order valence-electron chi connectivity index (χ1n) is 17.2. The molecular weight excluding hydrogens is 603 g/mol. The lowest BCUT2D eigenvalue weighted by Gasteiger charge is -2.25. The fraction of sp³-hybridized carbons (Fsp3) is 0.178. The summed E-state index contributed by atoms with van der Waals surface area (Å²) in [6.45, 7) is 4.58. The molecule has 0 spiro atoms. The van der Waals surface area contributed by atoms with Crippen molar-refractivity contribution < 1.29 is 4.79 Å². The van der Waals surface area contributed by atoms with Crippen LogP contribution in [0.15, 0.2) is 140 Å². The molecule has 1 atom stereocenters. The third-order valence-electron chi connectivity index (χ3n) is 8.93. The van der Waals surface area contributed by atoms with Gasteiger partial charge in [0, 0.05) is 37.9 Å². The molecule has 6 rings (SSSR count). The number of benzene rings is 5. The molecule has 5 aromatic carbocycles. The average molecular weight is 646 g/mol. The van der Waals surface area contributed by atoms with Crippen molar-refractivity contribution >= 4 is 46.8 Å². The van der Waals surface area contributed by atoms with Crippen LogP contribution in [0.1, 0.15) is 78.2 Å². The predicted molar refractivity (Wildman–Crippen MR) is 208 cm³/mol. The van der Waals surface area contributed by atoms with Crippen LogP contribution in [-0.4, -0.2) is 6.29 Å². The Labute approximate surface area is 290 Å². The summed E-state index contributed by atoms with van der Waals surface area (Å²) in [6, 6.07) is 49.1. The van der Waals surface area contributed by atoms with Crippen LogP contribution in [0.2, 0.25) is 0 Å². The van der Waals surface area contributed by atoms with Gasteiger partial charge < -0.3 is 4.90 Å². The number of carbonyl (C=O) groups excluding carboxylic acids is 1.